The van der Waals surface area contributed by atoms with Crippen molar-refractivity contribution in [3.63, 3.8) is 0 Å². The molecule has 46 heavy (non-hydrogen) atoms. The molecule has 1 aliphatic heterocycles. The molecule has 2 heterocycles. The molecule has 0 spiro atoms. The van der Waals surface area contributed by atoms with Crippen LogP contribution in [0, 0.1) is 11.8 Å². The van der Waals surface area contributed by atoms with Gasteiger partial charge in [0.15, 0.2) is 29.3 Å². The molecule has 1 N–H and O–H groups in total. The quantitative estimate of drug-likeness (QED) is 0.191. The van der Waals surface area contributed by atoms with E-state index in [9.17, 15) is 24.0 Å². The van der Waals surface area contributed by atoms with Gasteiger partial charge in [-0.15, -0.1) is 0 Å². The number of ether oxygens (including phenoxy) is 7. The van der Waals surface area contributed by atoms with Crippen molar-refractivity contribution >= 4 is 29.8 Å². The maximum Gasteiger partial charge on any atom is 0.334 e. The van der Waals surface area contributed by atoms with E-state index in [0.717, 1.165) is 5.56 Å². The van der Waals surface area contributed by atoms with Crippen LogP contribution in [0.1, 0.15) is 50.7 Å². The van der Waals surface area contributed by atoms with Gasteiger partial charge in [0.25, 0.3) is 5.91 Å². The summed E-state index contributed by atoms with van der Waals surface area (Å²) in [5.74, 6) is -5.50. The number of aromatic nitrogens is 1. The number of methoxy groups -OCH3 is 1. The first-order valence-electron chi connectivity index (χ1n) is 14.8. The lowest BCUT2D eigenvalue weighted by Gasteiger charge is -2.29. The van der Waals surface area contributed by atoms with Crippen LogP contribution in [-0.2, 0) is 49.3 Å². The lowest BCUT2D eigenvalue weighted by molar-refractivity contribution is -0.176. The predicted octanol–water partition coefficient (Wildman–Crippen LogP) is 2.41. The highest BCUT2D eigenvalue weighted by Crippen LogP contribution is 2.30. The van der Waals surface area contributed by atoms with Crippen molar-refractivity contribution < 1.29 is 57.1 Å². The Kier molecular flexibility index (Phi) is 13.3. The highest BCUT2D eigenvalue weighted by molar-refractivity contribution is 5.98. The summed E-state index contributed by atoms with van der Waals surface area (Å²) < 4.78 is 37.8. The van der Waals surface area contributed by atoms with Gasteiger partial charge >= 0.3 is 23.9 Å². The summed E-state index contributed by atoms with van der Waals surface area (Å²) in [5.41, 5.74) is 0.457. The van der Waals surface area contributed by atoms with E-state index in [1.165, 1.54) is 26.3 Å². The SMILES string of the molecule is COc1ccnc(C(=O)N[C@H]2COC(=O)[C@H](Cc3ccccc3)[C@@H](OC(=O)C(C)C)[C@H](C)OC2=O)c1OCOC(=O)COC(C)C. The maximum atomic E-state index is 13.4. The molecule has 1 aliphatic rings. The first-order valence-corrected chi connectivity index (χ1v) is 14.8. The number of nitrogens with one attached hydrogen (secondary N) is 1. The average Bonchev–Trinajstić information content (AvgIpc) is 3.06. The van der Waals surface area contributed by atoms with E-state index in [1.54, 1.807) is 39.8 Å². The monoisotopic (exact) mass is 644 g/mol. The summed E-state index contributed by atoms with van der Waals surface area (Å²) in [6.45, 7) is 6.81. The highest BCUT2D eigenvalue weighted by Gasteiger charge is 2.42. The molecular formula is C32H40N2O12. The van der Waals surface area contributed by atoms with Crippen LogP contribution in [0.4, 0.5) is 0 Å². The molecule has 3 rings (SSSR count). The van der Waals surface area contributed by atoms with Gasteiger partial charge in [0, 0.05) is 12.3 Å². The fourth-order valence-electron chi connectivity index (χ4n) is 4.30. The molecule has 4 atom stereocenters. The Morgan fingerprint density at radius 1 is 1.04 bits per heavy atom. The van der Waals surface area contributed by atoms with Crippen LogP contribution in [0.15, 0.2) is 42.6 Å². The molecule has 1 saturated heterocycles. The van der Waals surface area contributed by atoms with Crippen molar-refractivity contribution in [2.75, 3.05) is 27.1 Å². The van der Waals surface area contributed by atoms with Crippen LogP contribution in [0.2, 0.25) is 0 Å². The Labute approximate surface area is 267 Å². The number of hydrogen-bond acceptors (Lipinski definition) is 13. The molecule has 0 saturated carbocycles. The minimum atomic E-state index is -1.47. The normalized spacial score (nSPS) is 20.0. The van der Waals surface area contributed by atoms with E-state index in [1.807, 2.05) is 18.2 Å². The van der Waals surface area contributed by atoms with Crippen LogP contribution in [0.3, 0.4) is 0 Å². The van der Waals surface area contributed by atoms with Crippen LogP contribution in [0.5, 0.6) is 11.5 Å². The zero-order chi connectivity index (χ0) is 33.8. The van der Waals surface area contributed by atoms with Crippen molar-refractivity contribution in [3.05, 3.63) is 53.9 Å². The second-order valence-corrected chi connectivity index (χ2v) is 11.0. The molecule has 0 bridgehead atoms. The zero-order valence-corrected chi connectivity index (χ0v) is 26.7. The summed E-state index contributed by atoms with van der Waals surface area (Å²) in [6, 6.07) is 8.99. The molecule has 0 unspecified atom stereocenters. The number of carbonyl (C=O) groups is 5. The molecule has 0 aliphatic carbocycles. The third kappa shape index (κ3) is 10.2. The van der Waals surface area contributed by atoms with E-state index in [-0.39, 0.29) is 36.3 Å². The standard InChI is InChI=1S/C32H40N2O12/c1-18(2)30(37)46-27-20(5)45-32(39)23(15-42-31(38)22(27)14-21-10-8-7-9-11-21)34-29(36)26-28(24(40-6)12-13-33-26)44-17-43-25(35)16-41-19(3)4/h7-13,18-20,22-23,27H,14-17H2,1-6H3,(H,34,36)/t20-,22+,23-,27-/m0/s1. The van der Waals surface area contributed by atoms with Gasteiger partial charge in [0.1, 0.15) is 25.2 Å². The van der Waals surface area contributed by atoms with Gasteiger partial charge < -0.3 is 38.5 Å². The van der Waals surface area contributed by atoms with Crippen molar-refractivity contribution in [3.8, 4) is 11.5 Å². The first kappa shape index (κ1) is 35.8. The number of pyridine rings is 1. The second-order valence-electron chi connectivity index (χ2n) is 11.0. The Bertz CT molecular complexity index is 1360. The highest BCUT2D eigenvalue weighted by atomic mass is 16.7. The Balaban J connectivity index is 1.81. The van der Waals surface area contributed by atoms with Crippen LogP contribution in [0.25, 0.3) is 0 Å². The molecule has 14 heteroatoms. The van der Waals surface area contributed by atoms with E-state index in [4.69, 9.17) is 33.2 Å². The number of carbonyl (C=O) groups excluding carboxylic acids is 5. The number of hydrogen-bond donors (Lipinski definition) is 1. The molecular weight excluding hydrogens is 604 g/mol. The second kappa shape index (κ2) is 17.1. The van der Waals surface area contributed by atoms with Crippen LogP contribution in [-0.4, -0.2) is 86.2 Å². The van der Waals surface area contributed by atoms with E-state index >= 15 is 0 Å². The third-order valence-electron chi connectivity index (χ3n) is 6.73. The third-order valence-corrected chi connectivity index (χ3v) is 6.73. The van der Waals surface area contributed by atoms with Crippen molar-refractivity contribution in [2.45, 2.75) is 65.4 Å². The molecule has 2 aromatic rings. The number of amides is 1. The molecule has 1 fully saturated rings. The van der Waals surface area contributed by atoms with E-state index in [2.05, 4.69) is 10.3 Å². The summed E-state index contributed by atoms with van der Waals surface area (Å²) in [5, 5.41) is 2.46. The summed E-state index contributed by atoms with van der Waals surface area (Å²) in [6.07, 6.45) is -1.04. The van der Waals surface area contributed by atoms with Gasteiger partial charge in [-0.2, -0.15) is 0 Å². The smallest absolute Gasteiger partial charge is 0.334 e. The van der Waals surface area contributed by atoms with Crippen molar-refractivity contribution in [2.24, 2.45) is 11.8 Å². The molecule has 1 aromatic heterocycles. The van der Waals surface area contributed by atoms with E-state index < -0.39 is 73.3 Å². The van der Waals surface area contributed by atoms with Gasteiger partial charge in [-0.05, 0) is 32.8 Å². The average molecular weight is 645 g/mol. The number of nitrogens with zero attached hydrogens (tertiary/aromatic N) is 1. The lowest BCUT2D eigenvalue weighted by Crippen LogP contribution is -2.47. The topological polar surface area (TPSA) is 175 Å². The number of esters is 4. The van der Waals surface area contributed by atoms with Gasteiger partial charge in [0.2, 0.25) is 6.79 Å². The maximum absolute atomic E-state index is 13.4. The van der Waals surface area contributed by atoms with Gasteiger partial charge in [-0.1, -0.05) is 44.2 Å². The number of benzene rings is 1. The number of cyclic esters (lactones) is 2. The molecule has 1 aromatic carbocycles. The lowest BCUT2D eigenvalue weighted by atomic mass is 9.91. The minimum absolute atomic E-state index is 0.0882. The van der Waals surface area contributed by atoms with Gasteiger partial charge in [-0.25, -0.2) is 14.6 Å². The summed E-state index contributed by atoms with van der Waals surface area (Å²) in [4.78, 5) is 68.7. The Morgan fingerprint density at radius 2 is 1.76 bits per heavy atom. The fraction of sp³-hybridized carbons (Fsp3) is 0.500. The van der Waals surface area contributed by atoms with E-state index in [0.29, 0.717) is 0 Å². The summed E-state index contributed by atoms with van der Waals surface area (Å²) >= 11 is 0. The van der Waals surface area contributed by atoms with Crippen LogP contribution >= 0.6 is 0 Å². The molecule has 1 amide bonds. The molecule has 14 nitrogen and oxygen atoms in total. The predicted molar refractivity (Wildman–Crippen MR) is 160 cm³/mol. The minimum Gasteiger partial charge on any atom is -0.493 e. The molecule has 250 valence electrons. The van der Waals surface area contributed by atoms with Gasteiger partial charge in [0.05, 0.1) is 19.1 Å². The zero-order valence-electron chi connectivity index (χ0n) is 26.7. The fourth-order valence-corrected chi connectivity index (χ4v) is 4.30. The van der Waals surface area contributed by atoms with Gasteiger partial charge in [-0.3, -0.25) is 14.4 Å². The van der Waals surface area contributed by atoms with Crippen molar-refractivity contribution in [1.82, 2.24) is 10.3 Å². The Hall–Kier alpha value is -4.72. The summed E-state index contributed by atoms with van der Waals surface area (Å²) in [7, 11) is 1.33. The van der Waals surface area contributed by atoms with Crippen LogP contribution < -0.4 is 14.8 Å². The first-order chi connectivity index (χ1) is 21.9. The largest absolute Gasteiger partial charge is 0.493 e. The Morgan fingerprint density at radius 3 is 2.41 bits per heavy atom. The molecule has 0 radical (unpaired) electrons. The number of rotatable bonds is 13. The van der Waals surface area contributed by atoms with Crippen molar-refractivity contribution in [1.29, 1.82) is 0 Å².